The zero-order valence-corrected chi connectivity index (χ0v) is 15.0. The Bertz CT molecular complexity index is 953. The highest BCUT2D eigenvalue weighted by Crippen LogP contribution is 2.39. The van der Waals surface area contributed by atoms with Crippen LogP contribution in [0.4, 0.5) is 0 Å². The van der Waals surface area contributed by atoms with Gasteiger partial charge in [-0.2, -0.15) is 5.10 Å². The normalized spacial score (nSPS) is 11.1. The first-order chi connectivity index (χ1) is 11.8. The van der Waals surface area contributed by atoms with Crippen molar-refractivity contribution < 1.29 is 9.47 Å². The van der Waals surface area contributed by atoms with Crippen molar-refractivity contribution in [1.82, 2.24) is 9.78 Å². The molecule has 0 amide bonds. The summed E-state index contributed by atoms with van der Waals surface area (Å²) in [7, 11) is 3.38. The Hall–Kier alpha value is -2.31. The summed E-state index contributed by atoms with van der Waals surface area (Å²) in [6, 6.07) is 14.3. The summed E-state index contributed by atoms with van der Waals surface area (Å²) >= 11 is 3.35. The first-order valence-electron chi connectivity index (χ1n) is 7.49. The Morgan fingerprint density at radius 1 is 1.08 bits per heavy atom. The van der Waals surface area contributed by atoms with Crippen molar-refractivity contribution in [2.24, 2.45) is 0 Å². The average Bonchev–Trinajstić information content (AvgIpc) is 3.33. The molecule has 0 aliphatic heterocycles. The molecule has 122 valence electrons. The topological polar surface area (TPSA) is 36.3 Å². The lowest BCUT2D eigenvalue weighted by molar-refractivity contribution is 0.414. The maximum absolute atomic E-state index is 5.43. The third kappa shape index (κ3) is 2.68. The molecule has 3 heterocycles. The van der Waals surface area contributed by atoms with Gasteiger partial charge >= 0.3 is 0 Å². The first-order valence-corrected chi connectivity index (χ1v) is 9.19. The van der Waals surface area contributed by atoms with Crippen molar-refractivity contribution in [1.29, 1.82) is 0 Å². The minimum atomic E-state index is 0.714. The van der Waals surface area contributed by atoms with E-state index < -0.39 is 0 Å². The van der Waals surface area contributed by atoms with Gasteiger partial charge in [0.1, 0.15) is 11.4 Å². The van der Waals surface area contributed by atoms with Crippen LogP contribution in [0.3, 0.4) is 0 Å². The quantitative estimate of drug-likeness (QED) is 0.511. The van der Waals surface area contributed by atoms with Crippen LogP contribution >= 0.6 is 22.7 Å². The molecular formula is C18H16N2O2S2. The van der Waals surface area contributed by atoms with E-state index in [0.717, 1.165) is 22.0 Å². The molecule has 0 spiro atoms. The van der Waals surface area contributed by atoms with Crippen LogP contribution in [0.25, 0.3) is 20.8 Å². The van der Waals surface area contributed by atoms with E-state index in [4.69, 9.17) is 14.6 Å². The number of nitrogens with zero attached hydrogens (tertiary/aromatic N) is 2. The van der Waals surface area contributed by atoms with Gasteiger partial charge in [0.15, 0.2) is 5.06 Å². The van der Waals surface area contributed by atoms with E-state index in [0.29, 0.717) is 6.54 Å². The van der Waals surface area contributed by atoms with Crippen LogP contribution in [-0.2, 0) is 6.54 Å². The van der Waals surface area contributed by atoms with Crippen molar-refractivity contribution in [3.63, 3.8) is 0 Å². The highest BCUT2D eigenvalue weighted by molar-refractivity contribution is 7.22. The zero-order valence-electron chi connectivity index (χ0n) is 13.4. The molecule has 4 aromatic rings. The predicted octanol–water partition coefficient (Wildman–Crippen LogP) is 4.89. The fourth-order valence-corrected chi connectivity index (χ4v) is 4.39. The molecule has 0 fully saturated rings. The van der Waals surface area contributed by atoms with Gasteiger partial charge in [0.25, 0.3) is 0 Å². The number of ether oxygens (including phenoxy) is 2. The summed E-state index contributed by atoms with van der Waals surface area (Å²) in [6.45, 7) is 0.714. The number of hydrogen-bond donors (Lipinski definition) is 0. The fraction of sp³-hybridized carbons (Fsp3) is 0.167. The second kappa shape index (κ2) is 6.30. The van der Waals surface area contributed by atoms with E-state index in [1.807, 2.05) is 16.8 Å². The van der Waals surface area contributed by atoms with E-state index in [-0.39, 0.29) is 0 Å². The molecule has 4 rings (SSSR count). The number of thiophene rings is 2. The SMILES string of the molecule is COc1ccc(Cn2nc(-c3cccs3)c3sc(OC)cc32)cc1. The molecule has 0 atom stereocenters. The second-order valence-corrected chi connectivity index (χ2v) is 7.28. The zero-order chi connectivity index (χ0) is 16.5. The van der Waals surface area contributed by atoms with Gasteiger partial charge in [0.05, 0.1) is 35.9 Å². The summed E-state index contributed by atoms with van der Waals surface area (Å²) in [6.07, 6.45) is 0. The van der Waals surface area contributed by atoms with Gasteiger partial charge in [-0.25, -0.2) is 0 Å². The smallest absolute Gasteiger partial charge is 0.176 e. The molecule has 6 heteroatoms. The molecule has 1 aromatic carbocycles. The average molecular weight is 356 g/mol. The van der Waals surface area contributed by atoms with Crippen LogP contribution in [0.15, 0.2) is 47.8 Å². The third-order valence-corrected chi connectivity index (χ3v) is 5.82. The number of methoxy groups -OCH3 is 2. The van der Waals surface area contributed by atoms with Crippen molar-refractivity contribution in [3.8, 4) is 21.4 Å². The van der Waals surface area contributed by atoms with Gasteiger partial charge in [-0.1, -0.05) is 29.5 Å². The molecule has 24 heavy (non-hydrogen) atoms. The number of aromatic nitrogens is 2. The van der Waals surface area contributed by atoms with Crippen LogP contribution in [0.1, 0.15) is 5.56 Å². The maximum atomic E-state index is 5.43. The monoisotopic (exact) mass is 356 g/mol. The Balaban J connectivity index is 1.77. The second-order valence-electron chi connectivity index (χ2n) is 5.32. The molecule has 3 aromatic heterocycles. The first kappa shape index (κ1) is 15.2. The number of fused-ring (bicyclic) bond motifs is 1. The van der Waals surface area contributed by atoms with E-state index in [9.17, 15) is 0 Å². The van der Waals surface area contributed by atoms with Crippen molar-refractivity contribution in [3.05, 3.63) is 53.4 Å². The van der Waals surface area contributed by atoms with Gasteiger partial charge < -0.3 is 9.47 Å². The minimum absolute atomic E-state index is 0.714. The van der Waals surface area contributed by atoms with Gasteiger partial charge in [-0.3, -0.25) is 4.68 Å². The number of rotatable bonds is 5. The highest BCUT2D eigenvalue weighted by atomic mass is 32.1. The van der Waals surface area contributed by atoms with Crippen LogP contribution in [-0.4, -0.2) is 24.0 Å². The standard InChI is InChI=1S/C18H16N2O2S2/c1-21-13-7-5-12(6-8-13)11-20-14-10-16(22-2)24-18(14)17(19-20)15-4-3-9-23-15/h3-10H,11H2,1-2H3. The number of hydrogen-bond acceptors (Lipinski definition) is 5. The molecule has 0 radical (unpaired) electrons. The Labute approximate surface area is 147 Å². The van der Waals surface area contributed by atoms with E-state index in [2.05, 4.69) is 35.7 Å². The lowest BCUT2D eigenvalue weighted by Crippen LogP contribution is -2.01. The minimum Gasteiger partial charge on any atom is -0.497 e. The van der Waals surface area contributed by atoms with Gasteiger partial charge in [-0.05, 0) is 29.1 Å². The van der Waals surface area contributed by atoms with Crippen molar-refractivity contribution in [2.75, 3.05) is 14.2 Å². The molecule has 0 aliphatic rings. The fourth-order valence-electron chi connectivity index (χ4n) is 2.64. The van der Waals surface area contributed by atoms with Crippen LogP contribution in [0.5, 0.6) is 10.8 Å². The summed E-state index contributed by atoms with van der Waals surface area (Å²) in [5, 5.41) is 7.84. The lowest BCUT2D eigenvalue weighted by Gasteiger charge is -2.05. The van der Waals surface area contributed by atoms with Crippen molar-refractivity contribution in [2.45, 2.75) is 6.54 Å². The molecule has 0 saturated heterocycles. The summed E-state index contributed by atoms with van der Waals surface area (Å²) < 4.78 is 13.9. The summed E-state index contributed by atoms with van der Waals surface area (Å²) in [4.78, 5) is 1.18. The van der Waals surface area contributed by atoms with Gasteiger partial charge in [-0.15, -0.1) is 11.3 Å². The number of benzene rings is 1. The van der Waals surface area contributed by atoms with E-state index in [1.54, 1.807) is 36.9 Å². The third-order valence-electron chi connectivity index (χ3n) is 3.85. The molecule has 0 unspecified atom stereocenters. The van der Waals surface area contributed by atoms with Crippen LogP contribution in [0, 0.1) is 0 Å². The van der Waals surface area contributed by atoms with Gasteiger partial charge in [0.2, 0.25) is 0 Å². The van der Waals surface area contributed by atoms with Crippen LogP contribution in [0.2, 0.25) is 0 Å². The van der Waals surface area contributed by atoms with E-state index >= 15 is 0 Å². The molecular weight excluding hydrogens is 340 g/mol. The maximum Gasteiger partial charge on any atom is 0.176 e. The Morgan fingerprint density at radius 3 is 2.58 bits per heavy atom. The molecule has 0 aliphatic carbocycles. The summed E-state index contributed by atoms with van der Waals surface area (Å²) in [5.41, 5.74) is 3.32. The predicted molar refractivity (Wildman–Crippen MR) is 99.6 cm³/mol. The molecule has 4 nitrogen and oxygen atoms in total. The molecule has 0 N–H and O–H groups in total. The van der Waals surface area contributed by atoms with Gasteiger partial charge in [0, 0.05) is 6.07 Å². The van der Waals surface area contributed by atoms with Crippen molar-refractivity contribution >= 4 is 32.9 Å². The Kier molecular flexibility index (Phi) is 4.00. The molecule has 0 bridgehead atoms. The van der Waals surface area contributed by atoms with Crippen LogP contribution < -0.4 is 9.47 Å². The highest BCUT2D eigenvalue weighted by Gasteiger charge is 2.17. The molecule has 0 saturated carbocycles. The van der Waals surface area contributed by atoms with E-state index in [1.165, 1.54) is 15.1 Å². The largest absolute Gasteiger partial charge is 0.497 e. The Morgan fingerprint density at radius 2 is 1.92 bits per heavy atom. The summed E-state index contributed by atoms with van der Waals surface area (Å²) in [5.74, 6) is 0.862. The lowest BCUT2D eigenvalue weighted by atomic mass is 10.2.